The van der Waals surface area contributed by atoms with Crippen molar-refractivity contribution in [2.45, 2.75) is 6.92 Å². The van der Waals surface area contributed by atoms with E-state index in [1.54, 1.807) is 10.9 Å². The SMILES string of the molecule is Cc1ccc(-n2cc(-c3ccccc3)c(C(=O)O)n2)cc1. The maximum absolute atomic E-state index is 11.4. The van der Waals surface area contributed by atoms with E-state index in [1.165, 1.54) is 0 Å². The van der Waals surface area contributed by atoms with Gasteiger partial charge in [-0.15, -0.1) is 0 Å². The molecule has 0 aliphatic heterocycles. The van der Waals surface area contributed by atoms with Crippen LogP contribution < -0.4 is 0 Å². The summed E-state index contributed by atoms with van der Waals surface area (Å²) in [7, 11) is 0. The van der Waals surface area contributed by atoms with Crippen molar-refractivity contribution in [2.75, 3.05) is 0 Å². The Balaban J connectivity index is 2.13. The highest BCUT2D eigenvalue weighted by atomic mass is 16.4. The summed E-state index contributed by atoms with van der Waals surface area (Å²) in [5.41, 5.74) is 3.50. The normalized spacial score (nSPS) is 10.5. The summed E-state index contributed by atoms with van der Waals surface area (Å²) in [5, 5.41) is 13.6. The van der Waals surface area contributed by atoms with Gasteiger partial charge in [0.1, 0.15) is 0 Å². The zero-order valence-electron chi connectivity index (χ0n) is 11.5. The molecule has 0 spiro atoms. The molecule has 104 valence electrons. The van der Waals surface area contributed by atoms with Gasteiger partial charge in [0.25, 0.3) is 0 Å². The number of carbonyl (C=O) groups is 1. The Morgan fingerprint density at radius 1 is 1.05 bits per heavy atom. The molecule has 2 aromatic carbocycles. The van der Waals surface area contributed by atoms with Gasteiger partial charge in [-0.05, 0) is 24.6 Å². The van der Waals surface area contributed by atoms with E-state index in [0.29, 0.717) is 5.56 Å². The highest BCUT2D eigenvalue weighted by Gasteiger charge is 2.17. The molecule has 21 heavy (non-hydrogen) atoms. The number of aromatic nitrogens is 2. The van der Waals surface area contributed by atoms with Gasteiger partial charge in [-0.1, -0.05) is 48.0 Å². The van der Waals surface area contributed by atoms with Gasteiger partial charge in [-0.25, -0.2) is 9.48 Å². The summed E-state index contributed by atoms with van der Waals surface area (Å²) in [5.74, 6) is -1.03. The molecule has 0 radical (unpaired) electrons. The van der Waals surface area contributed by atoms with Crippen LogP contribution in [0.2, 0.25) is 0 Å². The molecule has 1 heterocycles. The standard InChI is InChI=1S/C17H14N2O2/c1-12-7-9-14(10-8-12)19-11-15(16(18-19)17(20)21)13-5-3-2-4-6-13/h2-11H,1H3,(H,20,21). The van der Waals surface area contributed by atoms with Crippen LogP contribution >= 0.6 is 0 Å². The van der Waals surface area contributed by atoms with Gasteiger partial charge < -0.3 is 5.11 Å². The second-order valence-corrected chi connectivity index (χ2v) is 4.84. The molecule has 0 aliphatic carbocycles. The van der Waals surface area contributed by atoms with E-state index in [9.17, 15) is 9.90 Å². The first kappa shape index (κ1) is 13.1. The molecule has 0 saturated carbocycles. The van der Waals surface area contributed by atoms with Crippen molar-refractivity contribution in [3.8, 4) is 16.8 Å². The number of aryl methyl sites for hydroxylation is 1. The van der Waals surface area contributed by atoms with Crippen molar-refractivity contribution >= 4 is 5.97 Å². The molecule has 0 atom stereocenters. The van der Waals surface area contributed by atoms with Gasteiger partial charge in [-0.3, -0.25) is 0 Å². The van der Waals surface area contributed by atoms with Crippen molar-refractivity contribution in [3.05, 3.63) is 72.1 Å². The first-order chi connectivity index (χ1) is 10.1. The maximum atomic E-state index is 11.4. The zero-order valence-corrected chi connectivity index (χ0v) is 11.5. The maximum Gasteiger partial charge on any atom is 0.357 e. The number of nitrogens with zero attached hydrogens (tertiary/aromatic N) is 2. The summed E-state index contributed by atoms with van der Waals surface area (Å²) in [6.45, 7) is 2.00. The number of hydrogen-bond donors (Lipinski definition) is 1. The van der Waals surface area contributed by atoms with Gasteiger partial charge in [0.05, 0.1) is 5.69 Å². The Labute approximate surface area is 122 Å². The van der Waals surface area contributed by atoms with Gasteiger partial charge >= 0.3 is 5.97 Å². The molecule has 1 N–H and O–H groups in total. The number of carboxylic acid groups (broad SMARTS) is 1. The predicted octanol–water partition coefficient (Wildman–Crippen LogP) is 3.55. The molecule has 0 fully saturated rings. The van der Waals surface area contributed by atoms with E-state index in [0.717, 1.165) is 16.8 Å². The molecule has 0 aliphatic rings. The lowest BCUT2D eigenvalue weighted by molar-refractivity contribution is 0.0691. The van der Waals surface area contributed by atoms with Crippen LogP contribution in [0.15, 0.2) is 60.8 Å². The van der Waals surface area contributed by atoms with E-state index < -0.39 is 5.97 Å². The van der Waals surface area contributed by atoms with Crippen LogP contribution in [0.3, 0.4) is 0 Å². The first-order valence-corrected chi connectivity index (χ1v) is 6.60. The number of rotatable bonds is 3. The fourth-order valence-corrected chi connectivity index (χ4v) is 2.19. The molecule has 4 heteroatoms. The Morgan fingerprint density at radius 3 is 2.33 bits per heavy atom. The summed E-state index contributed by atoms with van der Waals surface area (Å²) in [4.78, 5) is 11.4. The molecule has 1 aromatic heterocycles. The molecular weight excluding hydrogens is 264 g/mol. The highest BCUT2D eigenvalue weighted by molar-refractivity contribution is 5.93. The zero-order chi connectivity index (χ0) is 14.8. The Kier molecular flexibility index (Phi) is 3.28. The Bertz CT molecular complexity index is 774. The summed E-state index contributed by atoms with van der Waals surface area (Å²) < 4.78 is 1.60. The van der Waals surface area contributed by atoms with Gasteiger partial charge in [-0.2, -0.15) is 5.10 Å². The quantitative estimate of drug-likeness (QED) is 0.797. The topological polar surface area (TPSA) is 55.1 Å². The predicted molar refractivity (Wildman–Crippen MR) is 80.7 cm³/mol. The molecule has 3 rings (SSSR count). The second kappa shape index (κ2) is 5.25. The largest absolute Gasteiger partial charge is 0.476 e. The summed E-state index contributed by atoms with van der Waals surface area (Å²) in [6, 6.07) is 17.2. The van der Waals surface area contributed by atoms with Crippen LogP contribution in [0.5, 0.6) is 0 Å². The fraction of sp³-hybridized carbons (Fsp3) is 0.0588. The average molecular weight is 278 g/mol. The third-order valence-corrected chi connectivity index (χ3v) is 3.30. The minimum Gasteiger partial charge on any atom is -0.476 e. The van der Waals surface area contributed by atoms with E-state index in [-0.39, 0.29) is 5.69 Å². The minimum absolute atomic E-state index is 0.0572. The number of aromatic carboxylic acids is 1. The van der Waals surface area contributed by atoms with Crippen LogP contribution in [0.4, 0.5) is 0 Å². The van der Waals surface area contributed by atoms with E-state index in [1.807, 2.05) is 61.5 Å². The molecule has 0 saturated heterocycles. The van der Waals surface area contributed by atoms with E-state index >= 15 is 0 Å². The molecular formula is C17H14N2O2. The molecule has 4 nitrogen and oxygen atoms in total. The molecule has 3 aromatic rings. The van der Waals surface area contributed by atoms with Crippen molar-refractivity contribution in [1.82, 2.24) is 9.78 Å². The van der Waals surface area contributed by atoms with Gasteiger partial charge in [0.15, 0.2) is 5.69 Å². The Hall–Kier alpha value is -2.88. The van der Waals surface area contributed by atoms with E-state index in [2.05, 4.69) is 5.10 Å². The minimum atomic E-state index is -1.03. The summed E-state index contributed by atoms with van der Waals surface area (Å²) >= 11 is 0. The van der Waals surface area contributed by atoms with Crippen molar-refractivity contribution in [2.24, 2.45) is 0 Å². The van der Waals surface area contributed by atoms with Gasteiger partial charge in [0, 0.05) is 11.8 Å². The third-order valence-electron chi connectivity index (χ3n) is 3.30. The first-order valence-electron chi connectivity index (χ1n) is 6.60. The van der Waals surface area contributed by atoms with E-state index in [4.69, 9.17) is 0 Å². The van der Waals surface area contributed by atoms with Crippen LogP contribution in [0, 0.1) is 6.92 Å². The average Bonchev–Trinajstić information content (AvgIpc) is 2.94. The molecule has 0 amide bonds. The van der Waals surface area contributed by atoms with Crippen LogP contribution in [0.25, 0.3) is 16.8 Å². The lowest BCUT2D eigenvalue weighted by Gasteiger charge is -2.01. The van der Waals surface area contributed by atoms with Crippen LogP contribution in [-0.4, -0.2) is 20.9 Å². The second-order valence-electron chi connectivity index (χ2n) is 4.84. The van der Waals surface area contributed by atoms with Crippen LogP contribution in [-0.2, 0) is 0 Å². The Morgan fingerprint density at radius 2 is 1.71 bits per heavy atom. The van der Waals surface area contributed by atoms with Crippen molar-refractivity contribution in [3.63, 3.8) is 0 Å². The molecule has 0 unspecified atom stereocenters. The van der Waals surface area contributed by atoms with Gasteiger partial charge in [0.2, 0.25) is 0 Å². The van der Waals surface area contributed by atoms with Crippen molar-refractivity contribution in [1.29, 1.82) is 0 Å². The smallest absolute Gasteiger partial charge is 0.357 e. The lowest BCUT2D eigenvalue weighted by Crippen LogP contribution is -2.01. The van der Waals surface area contributed by atoms with Crippen LogP contribution in [0.1, 0.15) is 16.1 Å². The lowest BCUT2D eigenvalue weighted by atomic mass is 10.1. The fourth-order valence-electron chi connectivity index (χ4n) is 2.19. The number of benzene rings is 2. The monoisotopic (exact) mass is 278 g/mol. The molecule has 0 bridgehead atoms. The number of hydrogen-bond acceptors (Lipinski definition) is 2. The third kappa shape index (κ3) is 2.56. The number of carboxylic acids is 1. The van der Waals surface area contributed by atoms with Crippen molar-refractivity contribution < 1.29 is 9.90 Å². The highest BCUT2D eigenvalue weighted by Crippen LogP contribution is 2.24. The summed E-state index contributed by atoms with van der Waals surface area (Å²) in [6.07, 6.45) is 1.75.